The first-order valence-corrected chi connectivity index (χ1v) is 7.37. The van der Waals surface area contributed by atoms with Crippen LogP contribution in [0.1, 0.15) is 29.0 Å². The van der Waals surface area contributed by atoms with Gasteiger partial charge in [-0.1, -0.05) is 0 Å². The van der Waals surface area contributed by atoms with Gasteiger partial charge >= 0.3 is 0 Å². The van der Waals surface area contributed by atoms with Crippen molar-refractivity contribution in [2.45, 2.75) is 31.3 Å². The van der Waals surface area contributed by atoms with E-state index in [1.165, 1.54) is 4.88 Å². The maximum absolute atomic E-state index is 10.8. The van der Waals surface area contributed by atoms with Crippen molar-refractivity contribution in [1.82, 2.24) is 0 Å². The lowest BCUT2D eigenvalue weighted by Crippen LogP contribution is -2.31. The Balaban J connectivity index is 1.96. The van der Waals surface area contributed by atoms with Crippen molar-refractivity contribution in [3.8, 4) is 0 Å². The van der Waals surface area contributed by atoms with E-state index in [0.717, 1.165) is 35.1 Å². The van der Waals surface area contributed by atoms with Crippen LogP contribution < -0.4 is 0 Å². The Morgan fingerprint density at radius 2 is 2.35 bits per heavy atom. The van der Waals surface area contributed by atoms with Crippen LogP contribution in [0, 0.1) is 0 Å². The molecule has 1 unspecified atom stereocenters. The van der Waals surface area contributed by atoms with Crippen LogP contribution in [0.2, 0.25) is 0 Å². The summed E-state index contributed by atoms with van der Waals surface area (Å²) < 4.78 is 6.52. The minimum absolute atomic E-state index is 0.664. The lowest BCUT2D eigenvalue weighted by Gasteiger charge is -2.31. The molecule has 0 aliphatic heterocycles. The van der Waals surface area contributed by atoms with Crippen molar-refractivity contribution in [1.29, 1.82) is 0 Å². The Morgan fingerprint density at radius 3 is 3.12 bits per heavy atom. The quantitative estimate of drug-likeness (QED) is 0.913. The summed E-state index contributed by atoms with van der Waals surface area (Å²) in [6, 6.07) is 3.94. The van der Waals surface area contributed by atoms with Crippen LogP contribution in [0.5, 0.6) is 0 Å². The summed E-state index contributed by atoms with van der Waals surface area (Å²) in [5.41, 5.74) is 0.220. The van der Waals surface area contributed by atoms with E-state index in [0.29, 0.717) is 6.42 Å². The van der Waals surface area contributed by atoms with Crippen molar-refractivity contribution < 1.29 is 9.52 Å². The Morgan fingerprint density at radius 1 is 1.47 bits per heavy atom. The van der Waals surface area contributed by atoms with Gasteiger partial charge in [0.2, 0.25) is 0 Å². The van der Waals surface area contributed by atoms with Gasteiger partial charge in [-0.25, -0.2) is 0 Å². The topological polar surface area (TPSA) is 33.4 Å². The number of fused-ring (bicyclic) bond motifs is 1. The van der Waals surface area contributed by atoms with E-state index in [2.05, 4.69) is 15.9 Å². The van der Waals surface area contributed by atoms with Crippen LogP contribution in [-0.2, 0) is 18.4 Å². The Bertz CT molecular complexity index is 531. The Hall–Kier alpha value is -0.580. The summed E-state index contributed by atoms with van der Waals surface area (Å²) >= 11 is 5.21. The highest BCUT2D eigenvalue weighted by molar-refractivity contribution is 9.10. The van der Waals surface area contributed by atoms with E-state index in [-0.39, 0.29) is 0 Å². The first-order valence-electron chi connectivity index (χ1n) is 5.70. The smallest absolute Gasteiger partial charge is 0.109 e. The summed E-state index contributed by atoms with van der Waals surface area (Å²) in [7, 11) is 0. The molecule has 1 aliphatic carbocycles. The van der Waals surface area contributed by atoms with Gasteiger partial charge in [0.15, 0.2) is 0 Å². The van der Waals surface area contributed by atoms with Gasteiger partial charge < -0.3 is 9.52 Å². The number of rotatable bonds is 2. The highest BCUT2D eigenvalue weighted by Crippen LogP contribution is 2.40. The molecule has 90 valence electrons. The molecule has 0 aromatic carbocycles. The standard InChI is InChI=1S/C13H13BrO2S/c14-10-4-7-17-12(10)8-13(15)5-1-2-11-9(13)3-6-16-11/h3-4,6-7,15H,1-2,5,8H2. The molecule has 0 radical (unpaired) electrons. The fourth-order valence-corrected chi connectivity index (χ4v) is 4.12. The van der Waals surface area contributed by atoms with Gasteiger partial charge in [-0.15, -0.1) is 11.3 Å². The lowest BCUT2D eigenvalue weighted by molar-refractivity contribution is 0.0175. The van der Waals surface area contributed by atoms with E-state index in [1.807, 2.05) is 17.5 Å². The van der Waals surface area contributed by atoms with E-state index in [4.69, 9.17) is 4.42 Å². The molecule has 0 saturated carbocycles. The zero-order chi connectivity index (χ0) is 11.9. The fraction of sp³-hybridized carbons (Fsp3) is 0.385. The van der Waals surface area contributed by atoms with Crippen molar-refractivity contribution in [3.05, 3.63) is 44.4 Å². The fourth-order valence-electron chi connectivity index (χ4n) is 2.53. The van der Waals surface area contributed by atoms with Crippen LogP contribution >= 0.6 is 27.3 Å². The molecule has 0 fully saturated rings. The minimum atomic E-state index is -0.756. The van der Waals surface area contributed by atoms with E-state index < -0.39 is 5.60 Å². The largest absolute Gasteiger partial charge is 0.469 e. The molecular formula is C13H13BrO2S. The molecule has 1 atom stereocenters. The highest BCUT2D eigenvalue weighted by atomic mass is 79.9. The third kappa shape index (κ3) is 1.98. The molecule has 2 aromatic heterocycles. The first-order chi connectivity index (χ1) is 8.19. The summed E-state index contributed by atoms with van der Waals surface area (Å²) in [5, 5.41) is 12.9. The Labute approximate surface area is 112 Å². The summed E-state index contributed by atoms with van der Waals surface area (Å²) in [4.78, 5) is 1.20. The molecule has 4 heteroatoms. The monoisotopic (exact) mass is 312 g/mol. The Kier molecular flexibility index (Phi) is 2.89. The van der Waals surface area contributed by atoms with Gasteiger partial charge in [0.05, 0.1) is 11.9 Å². The molecule has 2 heterocycles. The van der Waals surface area contributed by atoms with Gasteiger partial charge in [-0.2, -0.15) is 0 Å². The molecule has 0 spiro atoms. The minimum Gasteiger partial charge on any atom is -0.469 e. The third-order valence-corrected chi connectivity index (χ3v) is 5.31. The molecule has 2 aromatic rings. The SMILES string of the molecule is OC1(Cc2sccc2Br)CCCc2occc21. The van der Waals surface area contributed by atoms with Crippen molar-refractivity contribution in [2.75, 3.05) is 0 Å². The van der Waals surface area contributed by atoms with E-state index >= 15 is 0 Å². The normalized spacial score (nSPS) is 23.6. The van der Waals surface area contributed by atoms with Crippen molar-refractivity contribution in [3.63, 3.8) is 0 Å². The number of aliphatic hydroxyl groups is 1. The van der Waals surface area contributed by atoms with Gasteiger partial charge in [-0.05, 0) is 46.3 Å². The van der Waals surface area contributed by atoms with Gasteiger partial charge in [0.25, 0.3) is 0 Å². The molecule has 1 aliphatic rings. The van der Waals surface area contributed by atoms with E-state index in [9.17, 15) is 5.11 Å². The maximum atomic E-state index is 10.8. The van der Waals surface area contributed by atoms with Gasteiger partial charge in [0.1, 0.15) is 5.76 Å². The average molecular weight is 313 g/mol. The lowest BCUT2D eigenvalue weighted by atomic mass is 9.80. The number of hydrogen-bond donors (Lipinski definition) is 1. The van der Waals surface area contributed by atoms with Crippen LogP contribution in [0.3, 0.4) is 0 Å². The first kappa shape index (κ1) is 11.5. The number of halogens is 1. The summed E-state index contributed by atoms with van der Waals surface area (Å²) in [6.45, 7) is 0. The molecule has 0 bridgehead atoms. The second-order valence-corrected chi connectivity index (χ2v) is 6.37. The number of furan rings is 1. The zero-order valence-electron chi connectivity index (χ0n) is 9.28. The predicted octanol–water partition coefficient (Wildman–Crippen LogP) is 3.87. The summed E-state index contributed by atoms with van der Waals surface area (Å²) in [6.07, 6.45) is 5.09. The van der Waals surface area contributed by atoms with Crippen LogP contribution in [0.15, 0.2) is 32.7 Å². The average Bonchev–Trinajstić information content (AvgIpc) is 2.90. The number of aryl methyl sites for hydroxylation is 1. The molecular weight excluding hydrogens is 300 g/mol. The third-order valence-electron chi connectivity index (χ3n) is 3.39. The zero-order valence-corrected chi connectivity index (χ0v) is 11.7. The van der Waals surface area contributed by atoms with Gasteiger partial charge in [-0.3, -0.25) is 0 Å². The van der Waals surface area contributed by atoms with Gasteiger partial charge in [0, 0.05) is 27.8 Å². The number of thiophene rings is 1. The molecule has 17 heavy (non-hydrogen) atoms. The molecule has 3 rings (SSSR count). The van der Waals surface area contributed by atoms with Crippen LogP contribution in [0.4, 0.5) is 0 Å². The van der Waals surface area contributed by atoms with Crippen LogP contribution in [-0.4, -0.2) is 5.11 Å². The predicted molar refractivity (Wildman–Crippen MR) is 71.3 cm³/mol. The molecule has 0 amide bonds. The highest BCUT2D eigenvalue weighted by Gasteiger charge is 2.37. The number of hydrogen-bond acceptors (Lipinski definition) is 3. The maximum Gasteiger partial charge on any atom is 0.109 e. The molecule has 1 N–H and O–H groups in total. The van der Waals surface area contributed by atoms with Crippen LogP contribution in [0.25, 0.3) is 0 Å². The molecule has 0 saturated heterocycles. The van der Waals surface area contributed by atoms with Crippen molar-refractivity contribution >= 4 is 27.3 Å². The molecule has 2 nitrogen and oxygen atoms in total. The van der Waals surface area contributed by atoms with Crippen molar-refractivity contribution in [2.24, 2.45) is 0 Å². The van der Waals surface area contributed by atoms with E-state index in [1.54, 1.807) is 17.6 Å². The summed E-state index contributed by atoms with van der Waals surface area (Å²) in [5.74, 6) is 0.950. The second kappa shape index (κ2) is 4.26. The second-order valence-electron chi connectivity index (χ2n) is 4.51.